The molecule has 30 heavy (non-hydrogen) atoms. The van der Waals surface area contributed by atoms with Crippen LogP contribution in [0.3, 0.4) is 0 Å². The van der Waals surface area contributed by atoms with Crippen LogP contribution in [0.1, 0.15) is 12.2 Å². The van der Waals surface area contributed by atoms with E-state index in [2.05, 4.69) is 11.0 Å². The van der Waals surface area contributed by atoms with Crippen molar-refractivity contribution in [3.63, 3.8) is 0 Å². The number of piperazine rings is 1. The summed E-state index contributed by atoms with van der Waals surface area (Å²) in [4.78, 5) is 16.8. The van der Waals surface area contributed by atoms with Crippen LogP contribution in [0.15, 0.2) is 65.1 Å². The fourth-order valence-corrected chi connectivity index (χ4v) is 3.73. The van der Waals surface area contributed by atoms with Crippen LogP contribution < -0.4 is 9.64 Å². The number of rotatable bonds is 6. The average molecular weight is 408 g/mol. The Kier molecular flexibility index (Phi) is 6.02. The van der Waals surface area contributed by atoms with E-state index in [0.717, 1.165) is 24.5 Å². The Morgan fingerprint density at radius 3 is 2.60 bits per heavy atom. The molecule has 6 heteroatoms. The highest BCUT2D eigenvalue weighted by molar-refractivity contribution is 5.76. The monoisotopic (exact) mass is 408 g/mol. The molecule has 2 aromatic carbocycles. The van der Waals surface area contributed by atoms with E-state index in [1.807, 2.05) is 29.2 Å². The van der Waals surface area contributed by atoms with Crippen molar-refractivity contribution >= 4 is 11.6 Å². The zero-order valence-electron chi connectivity index (χ0n) is 17.0. The van der Waals surface area contributed by atoms with Crippen molar-refractivity contribution in [2.45, 2.75) is 12.8 Å². The molecule has 1 aliphatic rings. The summed E-state index contributed by atoms with van der Waals surface area (Å²) >= 11 is 0. The van der Waals surface area contributed by atoms with Gasteiger partial charge >= 0.3 is 0 Å². The van der Waals surface area contributed by atoms with E-state index < -0.39 is 0 Å². The average Bonchev–Trinajstić information content (AvgIpc) is 3.27. The van der Waals surface area contributed by atoms with Crippen molar-refractivity contribution in [3.8, 4) is 17.1 Å². The third-order valence-corrected chi connectivity index (χ3v) is 5.44. The summed E-state index contributed by atoms with van der Waals surface area (Å²) in [5.41, 5.74) is 1.54. The van der Waals surface area contributed by atoms with Crippen LogP contribution in [0.4, 0.5) is 10.1 Å². The van der Waals surface area contributed by atoms with Gasteiger partial charge in [0.05, 0.1) is 12.7 Å². The highest BCUT2D eigenvalue weighted by Crippen LogP contribution is 2.26. The summed E-state index contributed by atoms with van der Waals surface area (Å²) < 4.78 is 25.0. The minimum Gasteiger partial charge on any atom is -0.497 e. The molecule has 1 aliphatic heterocycles. The molecule has 156 valence electrons. The van der Waals surface area contributed by atoms with Gasteiger partial charge < -0.3 is 19.0 Å². The van der Waals surface area contributed by atoms with Crippen molar-refractivity contribution in [3.05, 3.63) is 72.2 Å². The maximum atomic E-state index is 13.9. The predicted molar refractivity (Wildman–Crippen MR) is 114 cm³/mol. The summed E-state index contributed by atoms with van der Waals surface area (Å²) in [6, 6.07) is 18.1. The van der Waals surface area contributed by atoms with Gasteiger partial charge in [0.15, 0.2) is 0 Å². The van der Waals surface area contributed by atoms with Gasteiger partial charge in [-0.2, -0.15) is 0 Å². The number of carbonyl (C=O) groups is 1. The van der Waals surface area contributed by atoms with Crippen molar-refractivity contribution in [1.29, 1.82) is 0 Å². The lowest BCUT2D eigenvalue weighted by molar-refractivity contribution is -0.131. The summed E-state index contributed by atoms with van der Waals surface area (Å²) in [5.74, 6) is 1.81. The molecule has 0 radical (unpaired) electrons. The lowest BCUT2D eigenvalue weighted by atomic mass is 10.1. The van der Waals surface area contributed by atoms with Crippen LogP contribution in [-0.4, -0.2) is 44.1 Å². The number of hydrogen-bond donors (Lipinski definition) is 0. The highest BCUT2D eigenvalue weighted by Gasteiger charge is 2.21. The van der Waals surface area contributed by atoms with Gasteiger partial charge in [0.1, 0.15) is 23.1 Å². The molecule has 0 saturated carbocycles. The number of nitrogens with zero attached hydrogens (tertiary/aromatic N) is 2. The number of carbonyl (C=O) groups excluding carboxylic acids is 1. The number of aryl methyl sites for hydroxylation is 1. The van der Waals surface area contributed by atoms with Crippen LogP contribution >= 0.6 is 0 Å². The molecule has 0 aliphatic carbocycles. The quantitative estimate of drug-likeness (QED) is 0.607. The molecule has 5 nitrogen and oxygen atoms in total. The first-order valence-electron chi connectivity index (χ1n) is 10.1. The molecule has 0 N–H and O–H groups in total. The normalized spacial score (nSPS) is 14.1. The van der Waals surface area contributed by atoms with Gasteiger partial charge in [0.2, 0.25) is 5.91 Å². The molecule has 1 aromatic heterocycles. The van der Waals surface area contributed by atoms with Gasteiger partial charge in [0.25, 0.3) is 0 Å². The Balaban J connectivity index is 1.29. The number of halogens is 1. The predicted octanol–water partition coefficient (Wildman–Crippen LogP) is 4.38. The van der Waals surface area contributed by atoms with Crippen LogP contribution in [0, 0.1) is 5.82 Å². The van der Waals surface area contributed by atoms with Gasteiger partial charge in [-0.3, -0.25) is 4.79 Å². The molecule has 1 fully saturated rings. The molecule has 0 spiro atoms. The van der Waals surface area contributed by atoms with Gasteiger partial charge in [-0.25, -0.2) is 4.39 Å². The first-order chi connectivity index (χ1) is 14.6. The van der Waals surface area contributed by atoms with Crippen molar-refractivity contribution in [2.75, 3.05) is 38.2 Å². The van der Waals surface area contributed by atoms with Gasteiger partial charge in [0, 0.05) is 50.8 Å². The molecule has 3 aromatic rings. The summed E-state index contributed by atoms with van der Waals surface area (Å²) in [6.45, 7) is 2.96. The SMILES string of the molecule is COc1cccc(N2CCN(C(=O)CCc3ccc(-c4ccccc4F)o3)CC2)c1. The van der Waals surface area contributed by atoms with Gasteiger partial charge in [-0.05, 0) is 36.4 Å². The molecule has 0 bridgehead atoms. The van der Waals surface area contributed by atoms with Gasteiger partial charge in [-0.1, -0.05) is 18.2 Å². The van der Waals surface area contributed by atoms with Crippen LogP contribution in [0.2, 0.25) is 0 Å². The summed E-state index contributed by atoms with van der Waals surface area (Å²) in [6.07, 6.45) is 0.882. The Hall–Kier alpha value is -3.28. The van der Waals surface area contributed by atoms with E-state index in [0.29, 0.717) is 43.0 Å². The Bertz CT molecular complexity index is 1010. The van der Waals surface area contributed by atoms with Crippen molar-refractivity contribution < 1.29 is 18.3 Å². The number of amides is 1. The first kappa shape index (κ1) is 20.0. The Morgan fingerprint density at radius 2 is 1.83 bits per heavy atom. The smallest absolute Gasteiger partial charge is 0.223 e. The van der Waals surface area contributed by atoms with Crippen molar-refractivity contribution in [1.82, 2.24) is 4.90 Å². The van der Waals surface area contributed by atoms with E-state index in [4.69, 9.17) is 9.15 Å². The topological polar surface area (TPSA) is 45.9 Å². The lowest BCUT2D eigenvalue weighted by Crippen LogP contribution is -2.48. The van der Waals surface area contributed by atoms with Crippen LogP contribution in [-0.2, 0) is 11.2 Å². The fraction of sp³-hybridized carbons (Fsp3) is 0.292. The molecular weight excluding hydrogens is 383 g/mol. The molecule has 4 rings (SSSR count). The standard InChI is InChI=1S/C24H25FN2O3/c1-29-20-6-4-5-18(17-20)26-13-15-27(16-14-26)24(28)12-10-19-9-11-23(30-19)21-7-2-3-8-22(21)25/h2-9,11,17H,10,12-16H2,1H3. The lowest BCUT2D eigenvalue weighted by Gasteiger charge is -2.36. The molecule has 2 heterocycles. The molecule has 1 amide bonds. The molecule has 0 unspecified atom stereocenters. The van der Waals surface area contributed by atoms with E-state index in [1.54, 1.807) is 31.4 Å². The second-order valence-electron chi connectivity index (χ2n) is 7.32. The van der Waals surface area contributed by atoms with Crippen LogP contribution in [0.25, 0.3) is 11.3 Å². The third-order valence-electron chi connectivity index (χ3n) is 5.44. The van der Waals surface area contributed by atoms with E-state index in [-0.39, 0.29) is 11.7 Å². The Labute approximate surface area is 175 Å². The second kappa shape index (κ2) is 9.03. The highest BCUT2D eigenvalue weighted by atomic mass is 19.1. The molecular formula is C24H25FN2O3. The second-order valence-corrected chi connectivity index (χ2v) is 7.32. The number of methoxy groups -OCH3 is 1. The maximum Gasteiger partial charge on any atom is 0.223 e. The van der Waals surface area contributed by atoms with Crippen LogP contribution in [0.5, 0.6) is 5.75 Å². The molecule has 1 saturated heterocycles. The van der Waals surface area contributed by atoms with Crippen molar-refractivity contribution in [2.24, 2.45) is 0 Å². The zero-order chi connectivity index (χ0) is 20.9. The summed E-state index contributed by atoms with van der Waals surface area (Å²) in [5, 5.41) is 0. The number of ether oxygens (including phenoxy) is 1. The van der Waals surface area contributed by atoms with Gasteiger partial charge in [-0.15, -0.1) is 0 Å². The summed E-state index contributed by atoms with van der Waals surface area (Å²) in [7, 11) is 1.66. The molecule has 0 atom stereocenters. The Morgan fingerprint density at radius 1 is 1.03 bits per heavy atom. The largest absolute Gasteiger partial charge is 0.497 e. The minimum absolute atomic E-state index is 0.115. The number of benzene rings is 2. The third kappa shape index (κ3) is 4.48. The first-order valence-corrected chi connectivity index (χ1v) is 10.1. The van der Waals surface area contributed by atoms with E-state index in [1.165, 1.54) is 6.07 Å². The minimum atomic E-state index is -0.316. The fourth-order valence-electron chi connectivity index (χ4n) is 3.73. The number of anilines is 1. The van der Waals surface area contributed by atoms with E-state index >= 15 is 0 Å². The number of furan rings is 1. The van der Waals surface area contributed by atoms with E-state index in [9.17, 15) is 9.18 Å². The maximum absolute atomic E-state index is 13.9. The zero-order valence-corrected chi connectivity index (χ0v) is 17.0. The number of hydrogen-bond acceptors (Lipinski definition) is 4.